The number of carbonyl (C=O) groups is 1. The van der Waals surface area contributed by atoms with E-state index in [1.54, 1.807) is 0 Å². The summed E-state index contributed by atoms with van der Waals surface area (Å²) in [6.07, 6.45) is 1.73. The van der Waals surface area contributed by atoms with E-state index in [4.69, 9.17) is 9.47 Å². The van der Waals surface area contributed by atoms with Crippen LogP contribution in [0.2, 0.25) is 0 Å². The minimum Gasteiger partial charge on any atom is -0.456 e. The summed E-state index contributed by atoms with van der Waals surface area (Å²) in [5, 5.41) is 0. The molecule has 224 valence electrons. The Hall–Kier alpha value is -3.81. The van der Waals surface area contributed by atoms with Crippen LogP contribution in [0.4, 0.5) is 11.4 Å². The van der Waals surface area contributed by atoms with E-state index in [-0.39, 0.29) is 5.91 Å². The van der Waals surface area contributed by atoms with Crippen LogP contribution in [0.5, 0.6) is 5.75 Å². The first-order valence-corrected chi connectivity index (χ1v) is 15.8. The molecule has 1 aliphatic carbocycles. The van der Waals surface area contributed by atoms with Crippen LogP contribution < -0.4 is 14.5 Å². The van der Waals surface area contributed by atoms with E-state index in [1.165, 1.54) is 16.8 Å². The molecule has 43 heavy (non-hydrogen) atoms. The van der Waals surface area contributed by atoms with Gasteiger partial charge in [0.2, 0.25) is 0 Å². The monoisotopic (exact) mass is 578 g/mol. The summed E-state index contributed by atoms with van der Waals surface area (Å²) in [5.41, 5.74) is 8.16. The van der Waals surface area contributed by atoms with Crippen molar-refractivity contribution in [2.24, 2.45) is 0 Å². The standard InChI is InChI=1S/C36H42N4O3/c1-5-39(6-2)27-13-16-31-33(24-27)43-34-28-14-12-26(37(3)4)23-25(28)11-15-32(34)36(31)30-10-8-7-9-29(30)35(41)40(36)18-17-38-19-21-42-22-20-38/h7-10,12-14,16,23-24H,5-6,11,15,17-22H2,1-4H3. The van der Waals surface area contributed by atoms with Crippen molar-refractivity contribution in [2.45, 2.75) is 32.2 Å². The maximum atomic E-state index is 14.5. The molecule has 1 fully saturated rings. The van der Waals surface area contributed by atoms with Crippen LogP contribution in [0.3, 0.4) is 0 Å². The summed E-state index contributed by atoms with van der Waals surface area (Å²) in [4.78, 5) is 23.6. The maximum absolute atomic E-state index is 14.5. The van der Waals surface area contributed by atoms with Crippen LogP contribution in [0.25, 0.3) is 5.76 Å². The number of carbonyl (C=O) groups excluding carboxylic acids is 1. The minimum absolute atomic E-state index is 0.102. The van der Waals surface area contributed by atoms with Gasteiger partial charge >= 0.3 is 0 Å². The van der Waals surface area contributed by atoms with Crippen molar-refractivity contribution in [1.29, 1.82) is 0 Å². The molecular formula is C36H42N4O3. The topological polar surface area (TPSA) is 48.5 Å². The van der Waals surface area contributed by atoms with Gasteiger partial charge in [-0.05, 0) is 68.1 Å². The number of benzene rings is 3. The molecule has 1 atom stereocenters. The number of morpholine rings is 1. The molecule has 1 amide bonds. The van der Waals surface area contributed by atoms with E-state index in [0.29, 0.717) is 6.54 Å². The summed E-state index contributed by atoms with van der Waals surface area (Å²) in [6.45, 7) is 10.9. The molecule has 0 bridgehead atoms. The summed E-state index contributed by atoms with van der Waals surface area (Å²) in [5.74, 6) is 1.86. The Morgan fingerprint density at radius 2 is 1.60 bits per heavy atom. The van der Waals surface area contributed by atoms with Gasteiger partial charge in [0, 0.05) is 93.1 Å². The number of hydrogen-bond donors (Lipinski definition) is 0. The van der Waals surface area contributed by atoms with Crippen molar-refractivity contribution < 1.29 is 14.3 Å². The first-order chi connectivity index (χ1) is 21.0. The summed E-state index contributed by atoms with van der Waals surface area (Å²) < 4.78 is 12.6. The SMILES string of the molecule is CCN(CC)c1ccc2c(c1)OC1=C(CCc3cc(N(C)C)ccc31)C21c2ccccc2C(=O)N1CCN1CCOCC1. The molecule has 3 aromatic rings. The molecule has 7 nitrogen and oxygen atoms in total. The maximum Gasteiger partial charge on any atom is 0.255 e. The van der Waals surface area contributed by atoms with Crippen molar-refractivity contribution in [1.82, 2.24) is 9.80 Å². The lowest BCUT2D eigenvalue weighted by atomic mass is 9.70. The van der Waals surface area contributed by atoms with Crippen molar-refractivity contribution in [3.05, 3.63) is 94.1 Å². The van der Waals surface area contributed by atoms with Gasteiger partial charge < -0.3 is 24.2 Å². The molecule has 0 N–H and O–H groups in total. The van der Waals surface area contributed by atoms with E-state index in [9.17, 15) is 4.79 Å². The first kappa shape index (κ1) is 28.0. The molecule has 7 heteroatoms. The number of hydrogen-bond acceptors (Lipinski definition) is 6. The molecule has 0 saturated carbocycles. The van der Waals surface area contributed by atoms with E-state index in [2.05, 4.69) is 96.1 Å². The van der Waals surface area contributed by atoms with Crippen LogP contribution in [-0.2, 0) is 16.7 Å². The molecule has 7 rings (SSSR count). The summed E-state index contributed by atoms with van der Waals surface area (Å²) in [6, 6.07) is 21.6. The normalized spacial score (nSPS) is 20.8. The minimum atomic E-state index is -0.720. The van der Waals surface area contributed by atoms with Crippen molar-refractivity contribution in [2.75, 3.05) is 76.4 Å². The van der Waals surface area contributed by atoms with Gasteiger partial charge in [0.25, 0.3) is 5.91 Å². The highest BCUT2D eigenvalue weighted by molar-refractivity contribution is 6.03. The number of nitrogens with zero attached hydrogens (tertiary/aromatic N) is 4. The van der Waals surface area contributed by atoms with Gasteiger partial charge in [-0.3, -0.25) is 9.69 Å². The Morgan fingerprint density at radius 1 is 0.837 bits per heavy atom. The number of anilines is 2. The number of ether oxygens (including phenoxy) is 2. The predicted octanol–water partition coefficient (Wildman–Crippen LogP) is 5.38. The van der Waals surface area contributed by atoms with Gasteiger partial charge in [-0.1, -0.05) is 24.3 Å². The average Bonchev–Trinajstić information content (AvgIpc) is 3.28. The van der Waals surface area contributed by atoms with Gasteiger partial charge in [0.15, 0.2) is 0 Å². The number of aryl methyl sites for hydroxylation is 1. The highest BCUT2D eigenvalue weighted by atomic mass is 16.5. The molecule has 3 aromatic carbocycles. The van der Waals surface area contributed by atoms with E-state index < -0.39 is 5.54 Å². The fourth-order valence-corrected chi connectivity index (χ4v) is 7.62. The van der Waals surface area contributed by atoms with Gasteiger partial charge in [0.1, 0.15) is 17.0 Å². The molecule has 1 unspecified atom stereocenters. The van der Waals surface area contributed by atoms with Crippen LogP contribution in [-0.4, -0.2) is 82.3 Å². The second-order valence-electron chi connectivity index (χ2n) is 12.2. The van der Waals surface area contributed by atoms with E-state index in [1.807, 2.05) is 12.1 Å². The highest BCUT2D eigenvalue weighted by Gasteiger charge is 2.57. The quantitative estimate of drug-likeness (QED) is 0.375. The average molecular weight is 579 g/mol. The van der Waals surface area contributed by atoms with Gasteiger partial charge in [-0.25, -0.2) is 0 Å². The van der Waals surface area contributed by atoms with Crippen molar-refractivity contribution >= 4 is 23.0 Å². The lowest BCUT2D eigenvalue weighted by molar-refractivity contribution is 0.0280. The molecule has 0 aromatic heterocycles. The fourth-order valence-electron chi connectivity index (χ4n) is 7.62. The van der Waals surface area contributed by atoms with Gasteiger partial charge in [-0.15, -0.1) is 0 Å². The lowest BCUT2D eigenvalue weighted by Gasteiger charge is -2.48. The molecule has 1 saturated heterocycles. The fraction of sp³-hybridized carbons (Fsp3) is 0.417. The molecule has 1 spiro atoms. The van der Waals surface area contributed by atoms with E-state index >= 15 is 0 Å². The third-order valence-electron chi connectivity index (χ3n) is 9.84. The zero-order valence-electron chi connectivity index (χ0n) is 25.9. The lowest BCUT2D eigenvalue weighted by Crippen LogP contribution is -2.52. The van der Waals surface area contributed by atoms with Crippen LogP contribution in [0.15, 0.2) is 66.2 Å². The molecule has 0 radical (unpaired) electrons. The predicted molar refractivity (Wildman–Crippen MR) is 172 cm³/mol. The Bertz CT molecular complexity index is 1590. The van der Waals surface area contributed by atoms with Gasteiger partial charge in [-0.2, -0.15) is 0 Å². The summed E-state index contributed by atoms with van der Waals surface area (Å²) >= 11 is 0. The Morgan fingerprint density at radius 3 is 2.37 bits per heavy atom. The first-order valence-electron chi connectivity index (χ1n) is 15.8. The third-order valence-corrected chi connectivity index (χ3v) is 9.84. The Balaban J connectivity index is 1.46. The van der Waals surface area contributed by atoms with Crippen molar-refractivity contribution in [3.8, 4) is 5.75 Å². The highest BCUT2D eigenvalue weighted by Crippen LogP contribution is 2.59. The zero-order chi connectivity index (χ0) is 29.7. The molecule has 3 aliphatic heterocycles. The second-order valence-corrected chi connectivity index (χ2v) is 12.2. The van der Waals surface area contributed by atoms with Crippen LogP contribution in [0, 0.1) is 0 Å². The molecule has 4 aliphatic rings. The third kappa shape index (κ3) is 4.35. The van der Waals surface area contributed by atoms with E-state index in [0.717, 1.165) is 98.2 Å². The van der Waals surface area contributed by atoms with Crippen LogP contribution >= 0.6 is 0 Å². The second kappa shape index (κ2) is 11.0. The smallest absolute Gasteiger partial charge is 0.255 e. The Labute approximate surface area is 255 Å². The summed E-state index contributed by atoms with van der Waals surface area (Å²) in [7, 11) is 4.17. The number of rotatable bonds is 7. The van der Waals surface area contributed by atoms with Crippen LogP contribution in [0.1, 0.15) is 52.9 Å². The molecule has 3 heterocycles. The number of amides is 1. The largest absolute Gasteiger partial charge is 0.456 e. The van der Waals surface area contributed by atoms with Gasteiger partial charge in [0.05, 0.1) is 13.2 Å². The number of fused-ring (bicyclic) bond motifs is 7. The van der Waals surface area contributed by atoms with Crippen molar-refractivity contribution in [3.63, 3.8) is 0 Å². The zero-order valence-corrected chi connectivity index (χ0v) is 25.9. The molecular weight excluding hydrogens is 536 g/mol. The Kier molecular flexibility index (Phi) is 7.18.